The maximum absolute atomic E-state index is 13.3. The Morgan fingerprint density at radius 2 is 1.72 bits per heavy atom. The van der Waals surface area contributed by atoms with Crippen LogP contribution in [0.1, 0.15) is 16.2 Å². The summed E-state index contributed by atoms with van der Waals surface area (Å²) in [6, 6.07) is 11.8. The Kier molecular flexibility index (Phi) is 5.58. The molecular formula is C21H14B2F3N3O3. The number of fused-ring (bicyclic) bond motifs is 1. The second-order valence-electron chi connectivity index (χ2n) is 7.12. The van der Waals surface area contributed by atoms with Crippen molar-refractivity contribution in [2.45, 2.75) is 18.2 Å². The van der Waals surface area contributed by atoms with Crippen molar-refractivity contribution < 1.29 is 27.4 Å². The van der Waals surface area contributed by atoms with Gasteiger partial charge in [-0.1, -0.05) is 18.2 Å². The van der Waals surface area contributed by atoms with Gasteiger partial charge in [-0.3, -0.25) is 4.79 Å². The third-order valence-electron chi connectivity index (χ3n) is 4.76. The van der Waals surface area contributed by atoms with E-state index >= 15 is 0 Å². The normalized spacial score (nSPS) is 15.5. The number of benzene rings is 2. The Hall–Kier alpha value is -3.49. The molecule has 3 aromatic rings. The first kappa shape index (κ1) is 21.7. The number of carbonyl (C=O) groups excluding carboxylic acids is 1. The van der Waals surface area contributed by atoms with Crippen LogP contribution in [0, 0.1) is 0 Å². The molecule has 158 valence electrons. The number of aromatic nitrogens is 2. The molecule has 6 nitrogen and oxygen atoms in total. The zero-order chi connectivity index (χ0) is 22.9. The van der Waals surface area contributed by atoms with Crippen molar-refractivity contribution in [3.8, 4) is 22.6 Å². The number of halogens is 3. The summed E-state index contributed by atoms with van der Waals surface area (Å²) >= 11 is 0. The predicted octanol–water partition coefficient (Wildman–Crippen LogP) is 3.07. The van der Waals surface area contributed by atoms with E-state index in [9.17, 15) is 18.0 Å². The second-order valence-corrected chi connectivity index (χ2v) is 7.12. The fourth-order valence-corrected chi connectivity index (χ4v) is 3.23. The molecule has 2 heterocycles. The Bertz CT molecular complexity index is 1130. The van der Waals surface area contributed by atoms with Gasteiger partial charge in [0.05, 0.1) is 34.4 Å². The van der Waals surface area contributed by atoms with Crippen LogP contribution in [-0.2, 0) is 6.54 Å². The summed E-state index contributed by atoms with van der Waals surface area (Å²) in [5, 5.41) is -1.62. The molecular weight excluding hydrogens is 421 g/mol. The number of hydrogen-bond acceptors (Lipinski definition) is 5. The third-order valence-corrected chi connectivity index (χ3v) is 4.76. The van der Waals surface area contributed by atoms with Crippen molar-refractivity contribution in [3.05, 3.63) is 72.3 Å². The van der Waals surface area contributed by atoms with Gasteiger partial charge in [0.15, 0.2) is 0 Å². The van der Waals surface area contributed by atoms with Crippen LogP contribution in [0.4, 0.5) is 13.2 Å². The maximum atomic E-state index is 13.3. The molecule has 1 aliphatic heterocycles. The number of nitrogens with zero attached hydrogens (tertiary/aromatic N) is 3. The van der Waals surface area contributed by atoms with Gasteiger partial charge in [-0.25, -0.2) is 9.97 Å². The zero-order valence-electron chi connectivity index (χ0n) is 16.5. The Morgan fingerprint density at radius 1 is 1.06 bits per heavy atom. The van der Waals surface area contributed by atoms with E-state index < -0.39 is 17.6 Å². The molecule has 0 aliphatic carbocycles. The standard InChI is InChI=1S/C21H14B2F3N3O3/c22-20(23)12-31-17-7-4-14(13-2-5-15(6-3-13)32-21(24,25)26)10-16(17)19(30)29(20)11-18-27-8-1-9-28-18/h1-10H,11-12H2. The number of rotatable bonds is 4. The molecule has 0 atom stereocenters. The lowest BCUT2D eigenvalue weighted by Crippen LogP contribution is -2.55. The monoisotopic (exact) mass is 435 g/mol. The van der Waals surface area contributed by atoms with E-state index in [1.165, 1.54) is 41.6 Å². The fraction of sp³-hybridized carbons (Fsp3) is 0.190. The van der Waals surface area contributed by atoms with Gasteiger partial charge in [-0.2, -0.15) is 0 Å². The van der Waals surface area contributed by atoms with E-state index in [1.54, 1.807) is 24.3 Å². The Balaban J connectivity index is 1.65. The molecule has 1 amide bonds. The van der Waals surface area contributed by atoms with Crippen LogP contribution in [0.25, 0.3) is 11.1 Å². The molecule has 11 heteroatoms. The minimum Gasteiger partial charge on any atom is -0.492 e. The van der Waals surface area contributed by atoms with Gasteiger partial charge in [-0.05, 0) is 41.5 Å². The van der Waals surface area contributed by atoms with Gasteiger partial charge in [0.25, 0.3) is 5.91 Å². The number of carbonyl (C=O) groups is 1. The van der Waals surface area contributed by atoms with Crippen LogP contribution in [0.3, 0.4) is 0 Å². The van der Waals surface area contributed by atoms with Crippen molar-refractivity contribution in [3.63, 3.8) is 0 Å². The fourth-order valence-electron chi connectivity index (χ4n) is 3.23. The van der Waals surface area contributed by atoms with Gasteiger partial charge < -0.3 is 14.4 Å². The first-order valence-electron chi connectivity index (χ1n) is 9.41. The molecule has 1 aliphatic rings. The highest BCUT2D eigenvalue weighted by Gasteiger charge is 2.36. The molecule has 1 aromatic heterocycles. The van der Waals surface area contributed by atoms with E-state index in [0.29, 0.717) is 17.0 Å². The molecule has 0 saturated carbocycles. The van der Waals surface area contributed by atoms with E-state index in [1.807, 2.05) is 0 Å². The van der Waals surface area contributed by atoms with Gasteiger partial charge in [-0.15, -0.1) is 13.2 Å². The van der Waals surface area contributed by atoms with Crippen molar-refractivity contribution in [1.82, 2.24) is 14.9 Å². The lowest BCUT2D eigenvalue weighted by atomic mass is 9.61. The molecule has 0 bridgehead atoms. The maximum Gasteiger partial charge on any atom is 0.573 e. The van der Waals surface area contributed by atoms with Crippen molar-refractivity contribution in [2.75, 3.05) is 6.61 Å². The van der Waals surface area contributed by atoms with Crippen LogP contribution in [0.15, 0.2) is 60.9 Å². The summed E-state index contributed by atoms with van der Waals surface area (Å²) in [7, 11) is 12.3. The highest BCUT2D eigenvalue weighted by atomic mass is 19.4. The summed E-state index contributed by atoms with van der Waals surface area (Å²) in [5.74, 6) is -0.206. The van der Waals surface area contributed by atoms with E-state index in [-0.39, 0.29) is 30.2 Å². The lowest BCUT2D eigenvalue weighted by Gasteiger charge is -2.36. The molecule has 32 heavy (non-hydrogen) atoms. The first-order chi connectivity index (χ1) is 15.1. The summed E-state index contributed by atoms with van der Waals surface area (Å²) in [5.41, 5.74) is 1.35. The third kappa shape index (κ3) is 4.71. The number of alkyl halides is 3. The average molecular weight is 435 g/mol. The zero-order valence-corrected chi connectivity index (χ0v) is 16.5. The number of ether oxygens (including phenoxy) is 2. The molecule has 0 N–H and O–H groups in total. The van der Waals surface area contributed by atoms with Crippen LogP contribution >= 0.6 is 0 Å². The molecule has 4 rings (SSSR count). The largest absolute Gasteiger partial charge is 0.573 e. The average Bonchev–Trinajstić information content (AvgIpc) is 2.84. The van der Waals surface area contributed by atoms with Gasteiger partial charge in [0, 0.05) is 17.7 Å². The first-order valence-corrected chi connectivity index (χ1v) is 9.41. The van der Waals surface area contributed by atoms with Crippen LogP contribution in [-0.4, -0.2) is 54.8 Å². The molecule has 4 radical (unpaired) electrons. The minimum atomic E-state index is -4.78. The highest BCUT2D eigenvalue weighted by Crippen LogP contribution is 2.33. The summed E-state index contributed by atoms with van der Waals surface area (Å²) in [6.45, 7) is -0.204. The molecule has 0 saturated heterocycles. The van der Waals surface area contributed by atoms with Gasteiger partial charge in [0.2, 0.25) is 0 Å². The van der Waals surface area contributed by atoms with Crippen molar-refractivity contribution in [1.29, 1.82) is 0 Å². The summed E-state index contributed by atoms with van der Waals surface area (Å²) < 4.78 is 46.7. The number of amides is 1. The highest BCUT2D eigenvalue weighted by molar-refractivity contribution is 6.41. The van der Waals surface area contributed by atoms with Crippen molar-refractivity contribution in [2.24, 2.45) is 0 Å². The summed E-state index contributed by atoms with van der Waals surface area (Å²) in [4.78, 5) is 22.8. The van der Waals surface area contributed by atoms with Gasteiger partial charge in [0.1, 0.15) is 17.3 Å². The van der Waals surface area contributed by atoms with E-state index in [4.69, 9.17) is 20.4 Å². The van der Waals surface area contributed by atoms with Crippen LogP contribution in [0.2, 0.25) is 0 Å². The Morgan fingerprint density at radius 3 is 2.38 bits per heavy atom. The summed E-state index contributed by atoms with van der Waals surface area (Å²) in [6.07, 6.45) is -1.71. The molecule has 2 aromatic carbocycles. The quantitative estimate of drug-likeness (QED) is 0.590. The van der Waals surface area contributed by atoms with Crippen LogP contribution < -0.4 is 9.47 Å². The van der Waals surface area contributed by atoms with Crippen LogP contribution in [0.5, 0.6) is 11.5 Å². The molecule has 0 fully saturated rings. The minimum absolute atomic E-state index is 0.0385. The second kappa shape index (κ2) is 8.22. The smallest absolute Gasteiger partial charge is 0.492 e. The predicted molar refractivity (Wildman–Crippen MR) is 110 cm³/mol. The van der Waals surface area contributed by atoms with Gasteiger partial charge >= 0.3 is 6.36 Å². The molecule has 0 spiro atoms. The molecule has 0 unspecified atom stereocenters. The topological polar surface area (TPSA) is 64.6 Å². The van der Waals surface area contributed by atoms with E-state index in [0.717, 1.165) is 0 Å². The Labute approximate surface area is 184 Å². The van der Waals surface area contributed by atoms with E-state index in [2.05, 4.69) is 14.7 Å². The SMILES string of the molecule is [B]C1([B])COc2ccc(-c3ccc(OC(F)(F)F)cc3)cc2C(=O)N1Cc1ncccn1. The number of hydrogen-bond donors (Lipinski definition) is 0. The lowest BCUT2D eigenvalue weighted by molar-refractivity contribution is -0.274. The van der Waals surface area contributed by atoms with Crippen molar-refractivity contribution >= 4 is 21.6 Å².